The third kappa shape index (κ3) is 4.03. The molecule has 16 heavy (non-hydrogen) atoms. The minimum Gasteiger partial charge on any atom is -0.381 e. The summed E-state index contributed by atoms with van der Waals surface area (Å²) in [5.74, 6) is 0.531. The molecule has 1 aliphatic heterocycles. The molecule has 1 fully saturated rings. The quantitative estimate of drug-likeness (QED) is 0.726. The number of nitrogens with one attached hydrogen (secondary N) is 1. The molecule has 1 saturated heterocycles. The van der Waals surface area contributed by atoms with Gasteiger partial charge in [-0.15, -0.1) is 0 Å². The van der Waals surface area contributed by atoms with Crippen molar-refractivity contribution in [3.8, 4) is 0 Å². The zero-order valence-electron chi connectivity index (χ0n) is 10.3. The Bertz CT molecular complexity index is 294. The standard InChI is InChI=1S/C11H23NO3S/c1-3-12-9-11(5-7-15-10-11)6-8-16(13,14)4-2/h12H,3-10H2,1-2H3. The molecule has 0 saturated carbocycles. The van der Waals surface area contributed by atoms with Gasteiger partial charge >= 0.3 is 0 Å². The van der Waals surface area contributed by atoms with Crippen LogP contribution in [0.25, 0.3) is 0 Å². The van der Waals surface area contributed by atoms with Gasteiger partial charge < -0.3 is 10.1 Å². The number of sulfone groups is 1. The average molecular weight is 249 g/mol. The van der Waals surface area contributed by atoms with Crippen LogP contribution in [0.15, 0.2) is 0 Å². The Balaban J connectivity index is 2.51. The Hall–Kier alpha value is -0.130. The minimum atomic E-state index is -2.85. The average Bonchev–Trinajstić information content (AvgIpc) is 2.74. The fourth-order valence-corrected chi connectivity index (χ4v) is 3.01. The van der Waals surface area contributed by atoms with E-state index in [0.717, 1.165) is 32.5 Å². The lowest BCUT2D eigenvalue weighted by molar-refractivity contribution is 0.148. The molecule has 5 heteroatoms. The summed E-state index contributed by atoms with van der Waals surface area (Å²) >= 11 is 0. The molecule has 0 aromatic heterocycles. The molecule has 0 spiro atoms. The molecule has 1 heterocycles. The van der Waals surface area contributed by atoms with E-state index in [0.29, 0.717) is 6.61 Å². The van der Waals surface area contributed by atoms with Crippen molar-refractivity contribution in [2.75, 3.05) is 37.8 Å². The number of ether oxygens (including phenoxy) is 1. The fourth-order valence-electron chi connectivity index (χ4n) is 1.98. The third-order valence-corrected chi connectivity index (χ3v) is 5.02. The van der Waals surface area contributed by atoms with Crippen molar-refractivity contribution < 1.29 is 13.2 Å². The third-order valence-electron chi connectivity index (χ3n) is 3.32. The van der Waals surface area contributed by atoms with E-state index < -0.39 is 9.84 Å². The molecule has 0 aromatic carbocycles. The zero-order chi connectivity index (χ0) is 12.1. The van der Waals surface area contributed by atoms with Gasteiger partial charge in [-0.3, -0.25) is 0 Å². The largest absolute Gasteiger partial charge is 0.381 e. The maximum absolute atomic E-state index is 11.5. The second kappa shape index (κ2) is 5.98. The van der Waals surface area contributed by atoms with Gasteiger partial charge in [-0.25, -0.2) is 8.42 Å². The maximum atomic E-state index is 11.5. The number of rotatable bonds is 7. The van der Waals surface area contributed by atoms with Crippen molar-refractivity contribution in [1.29, 1.82) is 0 Å². The second-order valence-electron chi connectivity index (χ2n) is 4.57. The lowest BCUT2D eigenvalue weighted by Gasteiger charge is -2.27. The first-order valence-corrected chi connectivity index (χ1v) is 7.84. The molecule has 0 radical (unpaired) electrons. The van der Waals surface area contributed by atoms with Gasteiger partial charge in [-0.1, -0.05) is 13.8 Å². The highest BCUT2D eigenvalue weighted by molar-refractivity contribution is 7.91. The van der Waals surface area contributed by atoms with Crippen LogP contribution in [0.1, 0.15) is 26.7 Å². The molecule has 1 unspecified atom stereocenters. The summed E-state index contributed by atoms with van der Waals surface area (Å²) in [7, 11) is -2.85. The van der Waals surface area contributed by atoms with Crippen LogP contribution in [0, 0.1) is 5.41 Å². The number of hydrogen-bond acceptors (Lipinski definition) is 4. The molecule has 0 aromatic rings. The maximum Gasteiger partial charge on any atom is 0.150 e. The highest BCUT2D eigenvalue weighted by Crippen LogP contribution is 2.32. The molecule has 0 aliphatic carbocycles. The first kappa shape index (κ1) is 13.9. The van der Waals surface area contributed by atoms with E-state index in [1.54, 1.807) is 6.92 Å². The van der Waals surface area contributed by atoms with E-state index in [1.165, 1.54) is 0 Å². The summed E-state index contributed by atoms with van der Waals surface area (Å²) in [6.07, 6.45) is 1.69. The van der Waals surface area contributed by atoms with Crippen molar-refractivity contribution >= 4 is 9.84 Å². The molecule has 0 bridgehead atoms. The van der Waals surface area contributed by atoms with E-state index in [2.05, 4.69) is 12.2 Å². The Kier molecular flexibility index (Phi) is 5.21. The van der Waals surface area contributed by atoms with Crippen LogP contribution < -0.4 is 5.32 Å². The lowest BCUT2D eigenvalue weighted by Crippen LogP contribution is -2.36. The SMILES string of the molecule is CCNCC1(CCS(=O)(=O)CC)CCOC1. The van der Waals surface area contributed by atoms with Crippen LogP contribution in [0.3, 0.4) is 0 Å². The van der Waals surface area contributed by atoms with Gasteiger partial charge in [0.15, 0.2) is 0 Å². The Morgan fingerprint density at radius 1 is 1.38 bits per heavy atom. The van der Waals surface area contributed by atoms with Gasteiger partial charge in [0.25, 0.3) is 0 Å². The number of hydrogen-bond donors (Lipinski definition) is 1. The fraction of sp³-hybridized carbons (Fsp3) is 1.00. The van der Waals surface area contributed by atoms with Crippen molar-refractivity contribution in [2.45, 2.75) is 26.7 Å². The zero-order valence-corrected chi connectivity index (χ0v) is 11.1. The highest BCUT2D eigenvalue weighted by atomic mass is 32.2. The first-order chi connectivity index (χ1) is 7.54. The Morgan fingerprint density at radius 2 is 2.12 bits per heavy atom. The van der Waals surface area contributed by atoms with Crippen molar-refractivity contribution in [3.05, 3.63) is 0 Å². The second-order valence-corrected chi connectivity index (χ2v) is 7.04. The van der Waals surface area contributed by atoms with Gasteiger partial charge in [0.1, 0.15) is 9.84 Å². The van der Waals surface area contributed by atoms with Crippen molar-refractivity contribution in [3.63, 3.8) is 0 Å². The van der Waals surface area contributed by atoms with Crippen LogP contribution in [-0.2, 0) is 14.6 Å². The van der Waals surface area contributed by atoms with Gasteiger partial charge in [-0.05, 0) is 19.4 Å². The van der Waals surface area contributed by atoms with Gasteiger partial charge in [0, 0.05) is 24.3 Å². The molecule has 0 amide bonds. The summed E-state index contributed by atoms with van der Waals surface area (Å²) < 4.78 is 28.4. The Labute approximate surface area is 98.7 Å². The van der Waals surface area contributed by atoms with Crippen molar-refractivity contribution in [1.82, 2.24) is 5.32 Å². The summed E-state index contributed by atoms with van der Waals surface area (Å²) in [5.41, 5.74) is 0.0399. The first-order valence-electron chi connectivity index (χ1n) is 6.02. The highest BCUT2D eigenvalue weighted by Gasteiger charge is 2.35. The summed E-state index contributed by atoms with van der Waals surface area (Å²) in [6.45, 7) is 7.01. The van der Waals surface area contributed by atoms with Crippen LogP contribution in [0.2, 0.25) is 0 Å². The van der Waals surface area contributed by atoms with E-state index in [9.17, 15) is 8.42 Å². The van der Waals surface area contributed by atoms with Crippen LogP contribution in [-0.4, -0.2) is 46.2 Å². The van der Waals surface area contributed by atoms with E-state index >= 15 is 0 Å². The van der Waals surface area contributed by atoms with Gasteiger partial charge in [0.05, 0.1) is 12.4 Å². The summed E-state index contributed by atoms with van der Waals surface area (Å²) in [4.78, 5) is 0. The van der Waals surface area contributed by atoms with E-state index in [-0.39, 0.29) is 16.9 Å². The molecular weight excluding hydrogens is 226 g/mol. The molecular formula is C11H23NO3S. The smallest absolute Gasteiger partial charge is 0.150 e. The summed E-state index contributed by atoms with van der Waals surface area (Å²) in [6, 6.07) is 0. The monoisotopic (exact) mass is 249 g/mol. The molecule has 96 valence electrons. The van der Waals surface area contributed by atoms with Gasteiger partial charge in [-0.2, -0.15) is 0 Å². The van der Waals surface area contributed by atoms with Crippen LogP contribution in [0.5, 0.6) is 0 Å². The Morgan fingerprint density at radius 3 is 2.62 bits per heavy atom. The predicted molar refractivity (Wildman–Crippen MR) is 65.4 cm³/mol. The van der Waals surface area contributed by atoms with Crippen LogP contribution in [0.4, 0.5) is 0 Å². The van der Waals surface area contributed by atoms with Gasteiger partial charge in [0.2, 0.25) is 0 Å². The topological polar surface area (TPSA) is 55.4 Å². The molecule has 1 atom stereocenters. The summed E-state index contributed by atoms with van der Waals surface area (Å²) in [5, 5.41) is 3.31. The molecule has 1 rings (SSSR count). The molecule has 1 N–H and O–H groups in total. The van der Waals surface area contributed by atoms with E-state index in [1.807, 2.05) is 0 Å². The van der Waals surface area contributed by atoms with Crippen LogP contribution >= 0.6 is 0 Å². The van der Waals surface area contributed by atoms with E-state index in [4.69, 9.17) is 4.74 Å². The normalized spacial score (nSPS) is 26.1. The predicted octanol–water partition coefficient (Wildman–Crippen LogP) is 0.827. The van der Waals surface area contributed by atoms with Crippen molar-refractivity contribution in [2.24, 2.45) is 5.41 Å². The minimum absolute atomic E-state index is 0.0399. The molecule has 1 aliphatic rings. The lowest BCUT2D eigenvalue weighted by atomic mass is 9.84. The molecule has 4 nitrogen and oxygen atoms in total.